The van der Waals surface area contributed by atoms with Gasteiger partial charge in [0.25, 0.3) is 0 Å². The van der Waals surface area contributed by atoms with Crippen molar-refractivity contribution < 1.29 is 4.74 Å². The second-order valence-electron chi connectivity index (χ2n) is 10.2. The van der Waals surface area contributed by atoms with Gasteiger partial charge in [0.2, 0.25) is 0 Å². The molecule has 5 heteroatoms. The van der Waals surface area contributed by atoms with E-state index < -0.39 is 0 Å². The van der Waals surface area contributed by atoms with Gasteiger partial charge in [-0.05, 0) is 61.4 Å². The molecule has 5 nitrogen and oxygen atoms in total. The van der Waals surface area contributed by atoms with E-state index in [2.05, 4.69) is 79.0 Å². The van der Waals surface area contributed by atoms with E-state index in [1.165, 1.54) is 27.4 Å². The Bertz CT molecular complexity index is 1820. The maximum absolute atomic E-state index is 6.42. The van der Waals surface area contributed by atoms with Gasteiger partial charge in [-0.2, -0.15) is 5.10 Å². The molecule has 0 aliphatic carbocycles. The van der Waals surface area contributed by atoms with Crippen LogP contribution in [0.3, 0.4) is 0 Å². The fourth-order valence-corrected chi connectivity index (χ4v) is 5.77. The molecule has 0 spiro atoms. The first-order valence-corrected chi connectivity index (χ1v) is 12.3. The minimum absolute atomic E-state index is 0.146. The molecule has 0 bridgehead atoms. The highest BCUT2D eigenvalue weighted by molar-refractivity contribution is 6.10. The van der Waals surface area contributed by atoms with Crippen molar-refractivity contribution in [2.45, 2.75) is 33.1 Å². The smallest absolute Gasteiger partial charge is 0.145 e. The summed E-state index contributed by atoms with van der Waals surface area (Å²) in [5, 5.41) is 7.02. The standard InChI is InChI=1S/C31H26N4O/c1-19-16-20(2)35(33-19)21-8-5-9-22(17-21)36-23-13-14-26-28(18-23)34-29-24(25-11-7-15-32-30(25)34)10-6-12-27(29)31(26,3)4/h5-18H,1-4H3. The lowest BCUT2D eigenvalue weighted by molar-refractivity contribution is 0.480. The number of fused-ring (bicyclic) bond motifs is 5. The van der Waals surface area contributed by atoms with Crippen molar-refractivity contribution in [2.75, 3.05) is 0 Å². The number of para-hydroxylation sites is 1. The van der Waals surface area contributed by atoms with Crippen molar-refractivity contribution in [3.8, 4) is 22.9 Å². The molecule has 1 aliphatic heterocycles. The van der Waals surface area contributed by atoms with Gasteiger partial charge in [-0.25, -0.2) is 9.67 Å². The third-order valence-corrected chi connectivity index (χ3v) is 7.41. The van der Waals surface area contributed by atoms with Crippen LogP contribution in [0.2, 0.25) is 0 Å². The SMILES string of the molecule is Cc1cc(C)n(-c2cccc(Oc3ccc4c(c3)-n3c5ncccc5c5cccc(c53)C4(C)C)c2)n1. The van der Waals surface area contributed by atoms with E-state index in [1.807, 2.05) is 48.1 Å². The average Bonchev–Trinajstić information content (AvgIpc) is 3.39. The van der Waals surface area contributed by atoms with Gasteiger partial charge in [0.05, 0.1) is 22.6 Å². The molecule has 0 saturated carbocycles. The summed E-state index contributed by atoms with van der Waals surface area (Å²) in [6.45, 7) is 8.67. The first-order chi connectivity index (χ1) is 17.4. The number of hydrogen-bond acceptors (Lipinski definition) is 3. The van der Waals surface area contributed by atoms with Crippen LogP contribution < -0.4 is 4.74 Å². The van der Waals surface area contributed by atoms with Crippen molar-refractivity contribution in [3.05, 3.63) is 108 Å². The van der Waals surface area contributed by atoms with Crippen molar-refractivity contribution in [1.82, 2.24) is 19.3 Å². The predicted octanol–water partition coefficient (Wildman–Crippen LogP) is 7.41. The third-order valence-electron chi connectivity index (χ3n) is 7.41. The Morgan fingerprint density at radius 3 is 2.42 bits per heavy atom. The molecule has 0 N–H and O–H groups in total. The lowest BCUT2D eigenvalue weighted by Crippen LogP contribution is -2.26. The molecule has 3 aromatic heterocycles. The Hall–Kier alpha value is -4.38. The zero-order valence-electron chi connectivity index (χ0n) is 20.8. The Morgan fingerprint density at radius 1 is 0.778 bits per heavy atom. The number of rotatable bonds is 3. The van der Waals surface area contributed by atoms with E-state index in [-0.39, 0.29) is 5.41 Å². The first-order valence-electron chi connectivity index (χ1n) is 12.3. The fraction of sp³-hybridized carbons (Fsp3) is 0.161. The van der Waals surface area contributed by atoms with Crippen LogP contribution in [-0.4, -0.2) is 19.3 Å². The van der Waals surface area contributed by atoms with Crippen LogP contribution >= 0.6 is 0 Å². The number of aryl methyl sites for hydroxylation is 2. The maximum Gasteiger partial charge on any atom is 0.145 e. The average molecular weight is 471 g/mol. The van der Waals surface area contributed by atoms with Crippen LogP contribution in [0, 0.1) is 13.8 Å². The van der Waals surface area contributed by atoms with Crippen molar-refractivity contribution in [3.63, 3.8) is 0 Å². The van der Waals surface area contributed by atoms with Crippen LogP contribution in [0.4, 0.5) is 0 Å². The van der Waals surface area contributed by atoms with Crippen LogP contribution in [-0.2, 0) is 5.41 Å². The van der Waals surface area contributed by atoms with Crippen molar-refractivity contribution in [1.29, 1.82) is 0 Å². The quantitative estimate of drug-likeness (QED) is 0.270. The summed E-state index contributed by atoms with van der Waals surface area (Å²) < 4.78 is 10.7. The molecule has 0 fully saturated rings. The second kappa shape index (κ2) is 7.31. The van der Waals surface area contributed by atoms with Crippen LogP contribution in [0.25, 0.3) is 33.3 Å². The number of pyridine rings is 1. The van der Waals surface area contributed by atoms with Crippen LogP contribution in [0.5, 0.6) is 11.5 Å². The summed E-state index contributed by atoms with van der Waals surface area (Å²) >= 11 is 0. The molecule has 0 radical (unpaired) electrons. The van der Waals surface area contributed by atoms with Gasteiger partial charge in [0.15, 0.2) is 0 Å². The molecule has 4 heterocycles. The molecule has 0 atom stereocenters. The van der Waals surface area contributed by atoms with Gasteiger partial charge in [0.1, 0.15) is 17.1 Å². The van der Waals surface area contributed by atoms with E-state index in [4.69, 9.17) is 9.72 Å². The number of nitrogens with zero attached hydrogens (tertiary/aromatic N) is 4. The first kappa shape index (κ1) is 20.9. The van der Waals surface area contributed by atoms with Gasteiger partial charge in [-0.3, -0.25) is 4.57 Å². The summed E-state index contributed by atoms with van der Waals surface area (Å²) in [6, 6.07) is 27.3. The molecule has 0 amide bonds. The highest BCUT2D eigenvalue weighted by atomic mass is 16.5. The highest BCUT2D eigenvalue weighted by Crippen LogP contribution is 2.47. The summed E-state index contributed by atoms with van der Waals surface area (Å²) in [7, 11) is 0. The Labute approximate surface area is 209 Å². The number of hydrogen-bond donors (Lipinski definition) is 0. The van der Waals surface area contributed by atoms with E-state index in [1.54, 1.807) is 0 Å². The highest BCUT2D eigenvalue weighted by Gasteiger charge is 2.35. The molecular formula is C31H26N4O. The molecular weight excluding hydrogens is 444 g/mol. The minimum Gasteiger partial charge on any atom is -0.457 e. The van der Waals surface area contributed by atoms with E-state index in [0.717, 1.165) is 39.9 Å². The number of benzene rings is 3. The molecule has 6 aromatic rings. The van der Waals surface area contributed by atoms with Gasteiger partial charge >= 0.3 is 0 Å². The van der Waals surface area contributed by atoms with Crippen molar-refractivity contribution in [2.24, 2.45) is 0 Å². The van der Waals surface area contributed by atoms with E-state index >= 15 is 0 Å². The van der Waals surface area contributed by atoms with Crippen molar-refractivity contribution >= 4 is 21.9 Å². The third kappa shape index (κ3) is 2.89. The predicted molar refractivity (Wildman–Crippen MR) is 144 cm³/mol. The van der Waals surface area contributed by atoms with Gasteiger partial charge < -0.3 is 4.74 Å². The van der Waals surface area contributed by atoms with Crippen LogP contribution in [0.15, 0.2) is 85.1 Å². The monoisotopic (exact) mass is 470 g/mol. The van der Waals surface area contributed by atoms with E-state index in [0.29, 0.717) is 0 Å². The second-order valence-corrected chi connectivity index (χ2v) is 10.2. The molecule has 176 valence electrons. The zero-order valence-corrected chi connectivity index (χ0v) is 20.8. The Morgan fingerprint density at radius 2 is 1.58 bits per heavy atom. The van der Waals surface area contributed by atoms with Gasteiger partial charge in [0, 0.05) is 40.2 Å². The lowest BCUT2D eigenvalue weighted by Gasteiger charge is -2.34. The molecule has 7 rings (SSSR count). The van der Waals surface area contributed by atoms with Gasteiger partial charge in [-0.1, -0.05) is 44.2 Å². The zero-order chi connectivity index (χ0) is 24.6. The molecule has 0 saturated heterocycles. The fourth-order valence-electron chi connectivity index (χ4n) is 5.77. The van der Waals surface area contributed by atoms with Gasteiger partial charge in [-0.15, -0.1) is 0 Å². The molecule has 0 unspecified atom stereocenters. The normalized spacial score (nSPS) is 13.8. The summed E-state index contributed by atoms with van der Waals surface area (Å²) in [4.78, 5) is 4.79. The Kier molecular flexibility index (Phi) is 4.25. The number of ether oxygens (including phenoxy) is 1. The number of aromatic nitrogens is 4. The van der Waals surface area contributed by atoms with Crippen LogP contribution in [0.1, 0.15) is 36.4 Å². The summed E-state index contributed by atoms with van der Waals surface area (Å²) in [5.41, 5.74) is 8.81. The summed E-state index contributed by atoms with van der Waals surface area (Å²) in [5.74, 6) is 1.57. The molecule has 3 aromatic carbocycles. The molecule has 36 heavy (non-hydrogen) atoms. The largest absolute Gasteiger partial charge is 0.457 e. The Balaban J connectivity index is 1.38. The minimum atomic E-state index is -0.146. The summed E-state index contributed by atoms with van der Waals surface area (Å²) in [6.07, 6.45) is 1.87. The topological polar surface area (TPSA) is 44.9 Å². The lowest BCUT2D eigenvalue weighted by atomic mass is 9.74. The van der Waals surface area contributed by atoms with E-state index in [9.17, 15) is 0 Å². The maximum atomic E-state index is 6.42. The molecule has 1 aliphatic rings.